The van der Waals surface area contributed by atoms with Crippen molar-refractivity contribution in [2.75, 3.05) is 0 Å². The number of hydrogen-bond donors (Lipinski definition) is 2. The van der Waals surface area contributed by atoms with Gasteiger partial charge < -0.3 is 10.1 Å². The maximum absolute atomic E-state index is 13.9. The first-order valence-corrected chi connectivity index (χ1v) is 17.6. The number of para-hydroxylation sites is 1. The molecular formula is C40H39FN2O5S. The molecule has 0 radical (unpaired) electrons. The lowest BCUT2D eigenvalue weighted by Gasteiger charge is -2.22. The summed E-state index contributed by atoms with van der Waals surface area (Å²) in [7, 11) is -4.19. The third-order valence-corrected chi connectivity index (χ3v) is 9.41. The molecule has 5 aromatic carbocycles. The van der Waals surface area contributed by atoms with Crippen LogP contribution in [-0.2, 0) is 27.8 Å². The van der Waals surface area contributed by atoms with E-state index in [1.807, 2.05) is 68.4 Å². The summed E-state index contributed by atoms with van der Waals surface area (Å²) < 4.78 is 48.6. The van der Waals surface area contributed by atoms with Gasteiger partial charge in [-0.1, -0.05) is 105 Å². The smallest absolute Gasteiger partial charge is 0.264 e. The molecule has 0 aliphatic rings. The van der Waals surface area contributed by atoms with Crippen molar-refractivity contribution in [1.82, 2.24) is 10.0 Å². The summed E-state index contributed by atoms with van der Waals surface area (Å²) in [5, 5.41) is 3.11. The predicted octanol–water partition coefficient (Wildman–Crippen LogP) is 8.03. The molecule has 0 aliphatic heterocycles. The topological polar surface area (TPSA) is 102 Å². The molecule has 1 atom stereocenters. The summed E-state index contributed by atoms with van der Waals surface area (Å²) in [6.07, 6.45) is 0.546. The number of nitrogens with one attached hydrogen (secondary N) is 2. The standard InChI is InChI=1S/C40H39FN2O5S/c1-28(2)25-37(32-19-22-33(41)23-20-32)42-40(45)36-26-29(27-48-34-13-7-4-8-14-34)17-18-31(36)21-24-39(44)43-49(46,47)38-16-10-9-15-35(38)30-11-5-3-6-12-30/h3-20,22-23,26,28,37H,21,24-25,27H2,1-2H3,(H,42,45)(H,43,44). The van der Waals surface area contributed by atoms with Gasteiger partial charge in [0.25, 0.3) is 15.9 Å². The van der Waals surface area contributed by atoms with E-state index in [-0.39, 0.29) is 48.0 Å². The van der Waals surface area contributed by atoms with Crippen molar-refractivity contribution in [2.24, 2.45) is 5.92 Å². The molecule has 49 heavy (non-hydrogen) atoms. The minimum absolute atomic E-state index is 0.00521. The van der Waals surface area contributed by atoms with Crippen LogP contribution >= 0.6 is 0 Å². The maximum Gasteiger partial charge on any atom is 0.264 e. The van der Waals surface area contributed by atoms with Crippen LogP contribution in [0.25, 0.3) is 11.1 Å². The number of carbonyl (C=O) groups is 2. The largest absolute Gasteiger partial charge is 0.489 e. The Bertz CT molecular complexity index is 1980. The highest BCUT2D eigenvalue weighted by molar-refractivity contribution is 7.90. The highest BCUT2D eigenvalue weighted by Crippen LogP contribution is 2.28. The van der Waals surface area contributed by atoms with Crippen LogP contribution in [0.5, 0.6) is 5.75 Å². The quantitative estimate of drug-likeness (QED) is 0.124. The second-order valence-electron chi connectivity index (χ2n) is 12.2. The third-order valence-electron chi connectivity index (χ3n) is 7.98. The summed E-state index contributed by atoms with van der Waals surface area (Å²) in [6.45, 7) is 4.29. The Kier molecular flexibility index (Phi) is 11.6. The van der Waals surface area contributed by atoms with E-state index in [1.165, 1.54) is 18.2 Å². The minimum atomic E-state index is -4.19. The summed E-state index contributed by atoms with van der Waals surface area (Å²) in [5.74, 6) is -0.516. The monoisotopic (exact) mass is 678 g/mol. The average molecular weight is 679 g/mol. The van der Waals surface area contributed by atoms with Gasteiger partial charge in [0.1, 0.15) is 18.2 Å². The zero-order valence-corrected chi connectivity index (χ0v) is 28.3. The lowest BCUT2D eigenvalue weighted by Crippen LogP contribution is -2.32. The van der Waals surface area contributed by atoms with Crippen LogP contribution in [0.4, 0.5) is 4.39 Å². The SMILES string of the molecule is CC(C)CC(NC(=O)c1cc(COc2ccccc2)ccc1CCC(=O)NS(=O)(=O)c1ccccc1-c1ccccc1)c1ccc(F)cc1. The second-order valence-corrected chi connectivity index (χ2v) is 13.8. The van der Waals surface area contributed by atoms with Crippen molar-refractivity contribution in [2.45, 2.75) is 50.7 Å². The second kappa shape index (κ2) is 16.2. The van der Waals surface area contributed by atoms with E-state index in [1.54, 1.807) is 54.6 Å². The van der Waals surface area contributed by atoms with Gasteiger partial charge in [-0.25, -0.2) is 17.5 Å². The van der Waals surface area contributed by atoms with Gasteiger partial charge in [0.05, 0.1) is 10.9 Å². The first kappa shape index (κ1) is 35.0. The lowest BCUT2D eigenvalue weighted by atomic mass is 9.95. The molecule has 0 heterocycles. The molecule has 0 aliphatic carbocycles. The molecule has 0 saturated carbocycles. The average Bonchev–Trinajstić information content (AvgIpc) is 3.10. The number of amides is 2. The van der Waals surface area contributed by atoms with Gasteiger partial charge >= 0.3 is 0 Å². The Labute approximate surface area is 287 Å². The molecule has 7 nitrogen and oxygen atoms in total. The Morgan fingerprint density at radius 2 is 1.45 bits per heavy atom. The number of halogens is 1. The molecule has 0 spiro atoms. The van der Waals surface area contributed by atoms with Crippen molar-refractivity contribution in [1.29, 1.82) is 0 Å². The van der Waals surface area contributed by atoms with Crippen molar-refractivity contribution in [3.05, 3.63) is 155 Å². The molecular weight excluding hydrogens is 640 g/mol. The van der Waals surface area contributed by atoms with Crippen LogP contribution < -0.4 is 14.8 Å². The van der Waals surface area contributed by atoms with Crippen LogP contribution in [-0.4, -0.2) is 20.2 Å². The van der Waals surface area contributed by atoms with E-state index in [0.29, 0.717) is 34.4 Å². The first-order valence-electron chi connectivity index (χ1n) is 16.1. The Morgan fingerprint density at radius 3 is 2.14 bits per heavy atom. The summed E-state index contributed by atoms with van der Waals surface area (Å²) in [6, 6.07) is 35.9. The molecule has 252 valence electrons. The van der Waals surface area contributed by atoms with E-state index in [4.69, 9.17) is 4.74 Å². The first-order chi connectivity index (χ1) is 23.6. The van der Waals surface area contributed by atoms with Gasteiger partial charge in [0, 0.05) is 17.5 Å². The highest BCUT2D eigenvalue weighted by Gasteiger charge is 2.23. The molecule has 2 N–H and O–H groups in total. The van der Waals surface area contributed by atoms with Crippen molar-refractivity contribution in [3.63, 3.8) is 0 Å². The summed E-state index contributed by atoms with van der Waals surface area (Å²) >= 11 is 0. The van der Waals surface area contributed by atoms with E-state index in [9.17, 15) is 22.4 Å². The molecule has 0 fully saturated rings. The molecule has 0 bridgehead atoms. The fraction of sp³-hybridized carbons (Fsp3) is 0.200. The summed E-state index contributed by atoms with van der Waals surface area (Å²) in [5.41, 5.74) is 3.61. The number of sulfonamides is 1. The zero-order chi connectivity index (χ0) is 34.8. The molecule has 0 saturated heterocycles. The fourth-order valence-electron chi connectivity index (χ4n) is 5.57. The van der Waals surface area contributed by atoms with Gasteiger partial charge in [0.2, 0.25) is 5.91 Å². The minimum Gasteiger partial charge on any atom is -0.489 e. The van der Waals surface area contributed by atoms with Crippen LogP contribution in [0.1, 0.15) is 59.8 Å². The van der Waals surface area contributed by atoms with Crippen molar-refractivity contribution < 1.29 is 27.1 Å². The third kappa shape index (κ3) is 9.64. The van der Waals surface area contributed by atoms with Crippen molar-refractivity contribution in [3.8, 4) is 16.9 Å². The number of aryl methyl sites for hydroxylation is 1. The molecule has 1 unspecified atom stereocenters. The van der Waals surface area contributed by atoms with E-state index in [0.717, 1.165) is 11.1 Å². The predicted molar refractivity (Wildman–Crippen MR) is 189 cm³/mol. The van der Waals surface area contributed by atoms with E-state index < -0.39 is 15.9 Å². The molecule has 0 aromatic heterocycles. The zero-order valence-electron chi connectivity index (χ0n) is 27.4. The van der Waals surface area contributed by atoms with Crippen LogP contribution in [0.2, 0.25) is 0 Å². The van der Waals surface area contributed by atoms with E-state index in [2.05, 4.69) is 10.0 Å². The Hall–Kier alpha value is -5.28. The van der Waals surface area contributed by atoms with Crippen LogP contribution in [0.3, 0.4) is 0 Å². The number of carbonyl (C=O) groups excluding carboxylic acids is 2. The molecule has 5 aromatic rings. The number of hydrogen-bond acceptors (Lipinski definition) is 5. The van der Waals surface area contributed by atoms with E-state index >= 15 is 0 Å². The fourth-order valence-corrected chi connectivity index (χ4v) is 6.81. The van der Waals surface area contributed by atoms with Gasteiger partial charge in [-0.05, 0) is 77.4 Å². The van der Waals surface area contributed by atoms with Crippen LogP contribution in [0.15, 0.2) is 132 Å². The van der Waals surface area contributed by atoms with Crippen LogP contribution in [0, 0.1) is 11.7 Å². The van der Waals surface area contributed by atoms with Crippen molar-refractivity contribution >= 4 is 21.8 Å². The van der Waals surface area contributed by atoms with Gasteiger partial charge in [-0.3, -0.25) is 9.59 Å². The molecule has 9 heteroatoms. The number of ether oxygens (including phenoxy) is 1. The summed E-state index contributed by atoms with van der Waals surface area (Å²) in [4.78, 5) is 27.1. The number of rotatable bonds is 14. The Balaban J connectivity index is 1.36. The Morgan fingerprint density at radius 1 is 0.796 bits per heavy atom. The number of benzene rings is 5. The molecule has 5 rings (SSSR count). The van der Waals surface area contributed by atoms with Gasteiger partial charge in [-0.2, -0.15) is 0 Å². The van der Waals surface area contributed by atoms with Gasteiger partial charge in [-0.15, -0.1) is 0 Å². The molecule has 2 amide bonds. The lowest BCUT2D eigenvalue weighted by molar-refractivity contribution is -0.119. The normalized spacial score (nSPS) is 11.9. The maximum atomic E-state index is 13.9. The van der Waals surface area contributed by atoms with Gasteiger partial charge in [0.15, 0.2) is 0 Å². The highest BCUT2D eigenvalue weighted by atomic mass is 32.2.